The second-order valence-electron chi connectivity index (χ2n) is 4.16. The van der Waals surface area contributed by atoms with Crippen LogP contribution in [0.1, 0.15) is 0 Å². The van der Waals surface area contributed by atoms with Crippen LogP contribution in [-0.2, 0) is 4.79 Å². The van der Waals surface area contributed by atoms with Crippen LogP contribution >= 0.6 is 11.8 Å². The van der Waals surface area contributed by atoms with Gasteiger partial charge < -0.3 is 9.73 Å². The Labute approximate surface area is 130 Å². The van der Waals surface area contributed by atoms with E-state index < -0.39 is 0 Å². The third-order valence-corrected chi connectivity index (χ3v) is 3.40. The van der Waals surface area contributed by atoms with E-state index >= 15 is 0 Å². The molecule has 0 atom stereocenters. The largest absolute Gasteiger partial charge is 0.410 e. The summed E-state index contributed by atoms with van der Waals surface area (Å²) >= 11 is 1.17. The maximum Gasteiger partial charge on any atom is 0.277 e. The van der Waals surface area contributed by atoms with Crippen molar-refractivity contribution in [2.24, 2.45) is 0 Å². The second kappa shape index (κ2) is 6.81. The summed E-state index contributed by atoms with van der Waals surface area (Å²) in [4.78, 5) is 19.8. The van der Waals surface area contributed by atoms with Crippen LogP contribution in [0.5, 0.6) is 0 Å². The molecule has 0 aliphatic rings. The van der Waals surface area contributed by atoms with E-state index in [0.29, 0.717) is 22.5 Å². The van der Waals surface area contributed by atoms with Crippen LogP contribution in [0.4, 0.5) is 5.69 Å². The standard InChI is InChI=1S/C14H11N5O2S/c20-12(17-10-4-7-15-8-5-10)9-22-14-19-18-13(21-14)11-3-1-2-6-16-11/h1-8H,9H2,(H,15,17,20). The molecule has 0 aliphatic heterocycles. The Hall–Kier alpha value is -2.74. The molecule has 0 radical (unpaired) electrons. The van der Waals surface area contributed by atoms with Crippen molar-refractivity contribution in [3.05, 3.63) is 48.9 Å². The number of carbonyl (C=O) groups is 1. The molecular weight excluding hydrogens is 302 g/mol. The Bertz CT molecular complexity index is 748. The molecule has 0 saturated heterocycles. The Morgan fingerprint density at radius 1 is 1.14 bits per heavy atom. The third-order valence-electron chi connectivity index (χ3n) is 2.58. The molecule has 22 heavy (non-hydrogen) atoms. The number of aromatic nitrogens is 4. The van der Waals surface area contributed by atoms with Gasteiger partial charge in [0.15, 0.2) is 0 Å². The lowest BCUT2D eigenvalue weighted by Gasteiger charge is -2.02. The van der Waals surface area contributed by atoms with Gasteiger partial charge in [-0.25, -0.2) is 0 Å². The molecule has 110 valence electrons. The maximum atomic E-state index is 11.8. The van der Waals surface area contributed by atoms with E-state index in [0.717, 1.165) is 0 Å². The van der Waals surface area contributed by atoms with Gasteiger partial charge in [0.2, 0.25) is 5.91 Å². The molecule has 0 saturated carbocycles. The summed E-state index contributed by atoms with van der Waals surface area (Å²) in [5.74, 6) is 0.345. The number of pyridine rings is 2. The number of nitrogens with zero attached hydrogens (tertiary/aromatic N) is 4. The van der Waals surface area contributed by atoms with Crippen molar-refractivity contribution in [1.82, 2.24) is 20.2 Å². The van der Waals surface area contributed by atoms with Gasteiger partial charge in [0, 0.05) is 24.3 Å². The van der Waals surface area contributed by atoms with Gasteiger partial charge in [0.1, 0.15) is 5.69 Å². The molecule has 0 bridgehead atoms. The van der Waals surface area contributed by atoms with Crippen LogP contribution < -0.4 is 5.32 Å². The van der Waals surface area contributed by atoms with Crippen LogP contribution in [0.25, 0.3) is 11.6 Å². The minimum absolute atomic E-state index is 0.159. The van der Waals surface area contributed by atoms with Crippen LogP contribution in [0.2, 0.25) is 0 Å². The van der Waals surface area contributed by atoms with Crippen molar-refractivity contribution < 1.29 is 9.21 Å². The van der Waals surface area contributed by atoms with E-state index in [-0.39, 0.29) is 11.7 Å². The lowest BCUT2D eigenvalue weighted by Crippen LogP contribution is -2.13. The SMILES string of the molecule is O=C(CSc1nnc(-c2ccccn2)o1)Nc1ccncc1. The number of hydrogen-bond acceptors (Lipinski definition) is 7. The number of amides is 1. The van der Waals surface area contributed by atoms with Crippen molar-refractivity contribution >= 4 is 23.4 Å². The lowest BCUT2D eigenvalue weighted by atomic mass is 10.3. The molecule has 0 spiro atoms. The van der Waals surface area contributed by atoms with E-state index in [2.05, 4.69) is 25.5 Å². The summed E-state index contributed by atoms with van der Waals surface area (Å²) in [6, 6.07) is 8.85. The Morgan fingerprint density at radius 2 is 2.00 bits per heavy atom. The normalized spacial score (nSPS) is 10.4. The molecule has 0 unspecified atom stereocenters. The molecule has 0 aliphatic carbocycles. The molecule has 7 nitrogen and oxygen atoms in total. The van der Waals surface area contributed by atoms with Gasteiger partial charge in [-0.1, -0.05) is 17.8 Å². The lowest BCUT2D eigenvalue weighted by molar-refractivity contribution is -0.113. The van der Waals surface area contributed by atoms with E-state index in [9.17, 15) is 4.79 Å². The summed E-state index contributed by atoms with van der Waals surface area (Å²) in [6.07, 6.45) is 4.87. The number of hydrogen-bond donors (Lipinski definition) is 1. The fraction of sp³-hybridized carbons (Fsp3) is 0.0714. The van der Waals surface area contributed by atoms with Gasteiger partial charge in [0.25, 0.3) is 11.1 Å². The molecule has 3 aromatic rings. The number of carbonyl (C=O) groups excluding carboxylic acids is 1. The fourth-order valence-electron chi connectivity index (χ4n) is 1.62. The molecule has 3 rings (SSSR count). The molecule has 1 amide bonds. The smallest absolute Gasteiger partial charge is 0.277 e. The van der Waals surface area contributed by atoms with E-state index in [1.165, 1.54) is 11.8 Å². The highest BCUT2D eigenvalue weighted by Crippen LogP contribution is 2.21. The summed E-state index contributed by atoms with van der Waals surface area (Å²) in [7, 11) is 0. The molecule has 3 heterocycles. The second-order valence-corrected chi connectivity index (χ2v) is 5.09. The zero-order chi connectivity index (χ0) is 15.2. The number of rotatable bonds is 5. The monoisotopic (exact) mass is 313 g/mol. The summed E-state index contributed by atoms with van der Waals surface area (Å²) < 4.78 is 5.46. The zero-order valence-electron chi connectivity index (χ0n) is 11.3. The highest BCUT2D eigenvalue weighted by Gasteiger charge is 2.11. The fourth-order valence-corrected chi connectivity index (χ4v) is 2.18. The molecule has 0 fully saturated rings. The van der Waals surface area contributed by atoms with Crippen molar-refractivity contribution in [3.8, 4) is 11.6 Å². The number of anilines is 1. The van der Waals surface area contributed by atoms with Gasteiger partial charge in [-0.15, -0.1) is 10.2 Å². The molecule has 0 aromatic carbocycles. The van der Waals surface area contributed by atoms with Gasteiger partial charge >= 0.3 is 0 Å². The summed E-state index contributed by atoms with van der Waals surface area (Å²) in [5, 5.41) is 10.9. The Kier molecular flexibility index (Phi) is 4.40. The van der Waals surface area contributed by atoms with E-state index in [1.807, 2.05) is 6.07 Å². The minimum atomic E-state index is -0.159. The molecule has 1 N–H and O–H groups in total. The first-order valence-electron chi connectivity index (χ1n) is 6.39. The first-order chi connectivity index (χ1) is 10.8. The van der Waals surface area contributed by atoms with Crippen LogP contribution in [0.15, 0.2) is 58.6 Å². The van der Waals surface area contributed by atoms with E-state index in [1.54, 1.807) is 42.9 Å². The number of thioether (sulfide) groups is 1. The zero-order valence-corrected chi connectivity index (χ0v) is 12.2. The van der Waals surface area contributed by atoms with Crippen molar-refractivity contribution in [2.75, 3.05) is 11.1 Å². The van der Waals surface area contributed by atoms with Crippen LogP contribution in [0, 0.1) is 0 Å². The summed E-state index contributed by atoms with van der Waals surface area (Å²) in [5.41, 5.74) is 1.29. The molecule has 8 heteroatoms. The van der Waals surface area contributed by atoms with Crippen LogP contribution in [0.3, 0.4) is 0 Å². The summed E-state index contributed by atoms with van der Waals surface area (Å²) in [6.45, 7) is 0. The Morgan fingerprint density at radius 3 is 2.77 bits per heavy atom. The van der Waals surface area contributed by atoms with E-state index in [4.69, 9.17) is 4.42 Å². The highest BCUT2D eigenvalue weighted by molar-refractivity contribution is 7.99. The highest BCUT2D eigenvalue weighted by atomic mass is 32.2. The van der Waals surface area contributed by atoms with Gasteiger partial charge in [-0.3, -0.25) is 14.8 Å². The predicted octanol–water partition coefficient (Wildman–Crippen LogP) is 2.26. The van der Waals surface area contributed by atoms with Crippen molar-refractivity contribution in [1.29, 1.82) is 0 Å². The van der Waals surface area contributed by atoms with Gasteiger partial charge in [-0.05, 0) is 24.3 Å². The minimum Gasteiger partial charge on any atom is -0.410 e. The first-order valence-corrected chi connectivity index (χ1v) is 7.37. The quantitative estimate of drug-likeness (QED) is 0.722. The van der Waals surface area contributed by atoms with Crippen molar-refractivity contribution in [2.45, 2.75) is 5.22 Å². The first kappa shape index (κ1) is 14.2. The predicted molar refractivity (Wildman–Crippen MR) is 81.1 cm³/mol. The van der Waals surface area contributed by atoms with Gasteiger partial charge in [0.05, 0.1) is 5.75 Å². The van der Waals surface area contributed by atoms with Crippen molar-refractivity contribution in [3.63, 3.8) is 0 Å². The number of nitrogens with one attached hydrogen (secondary N) is 1. The third kappa shape index (κ3) is 3.67. The molecular formula is C14H11N5O2S. The molecule has 3 aromatic heterocycles. The van der Waals surface area contributed by atoms with Gasteiger partial charge in [-0.2, -0.15) is 0 Å². The topological polar surface area (TPSA) is 93.8 Å². The van der Waals surface area contributed by atoms with Crippen LogP contribution in [-0.4, -0.2) is 31.8 Å². The average Bonchev–Trinajstić information content (AvgIpc) is 3.04. The maximum absolute atomic E-state index is 11.8. The average molecular weight is 313 g/mol. The Balaban J connectivity index is 1.56.